The Morgan fingerprint density at radius 3 is 2.57 bits per heavy atom. The number of benzene rings is 2. The highest BCUT2D eigenvalue weighted by atomic mass is 16.5. The summed E-state index contributed by atoms with van der Waals surface area (Å²) in [6, 6.07) is 15.3. The van der Waals surface area contributed by atoms with E-state index in [9.17, 15) is 14.7 Å². The van der Waals surface area contributed by atoms with Crippen molar-refractivity contribution in [1.82, 2.24) is 9.80 Å². The molecule has 0 aliphatic carbocycles. The number of amides is 1. The van der Waals surface area contributed by atoms with Crippen molar-refractivity contribution in [2.75, 3.05) is 33.8 Å². The smallest absolute Gasteiger partial charge is 0.295 e. The van der Waals surface area contributed by atoms with E-state index in [2.05, 4.69) is 6.58 Å². The van der Waals surface area contributed by atoms with Crippen LogP contribution in [0.15, 0.2) is 72.8 Å². The molecule has 1 heterocycles. The zero-order chi connectivity index (χ0) is 21.7. The molecule has 2 aromatic rings. The summed E-state index contributed by atoms with van der Waals surface area (Å²) in [5.74, 6) is -0.872. The first-order valence-corrected chi connectivity index (χ1v) is 9.76. The molecule has 1 N–H and O–H groups in total. The van der Waals surface area contributed by atoms with Crippen LogP contribution in [-0.4, -0.2) is 60.4 Å². The fourth-order valence-electron chi connectivity index (χ4n) is 3.45. The minimum Gasteiger partial charge on any atom is -0.507 e. The largest absolute Gasteiger partial charge is 0.507 e. The van der Waals surface area contributed by atoms with Gasteiger partial charge in [0.05, 0.1) is 11.6 Å². The number of carbonyl (C=O) groups excluding carboxylic acids is 2. The second-order valence-electron chi connectivity index (χ2n) is 7.33. The van der Waals surface area contributed by atoms with E-state index in [1.165, 1.54) is 4.90 Å². The number of hydrogen-bond acceptors (Lipinski definition) is 5. The Morgan fingerprint density at radius 2 is 1.90 bits per heavy atom. The van der Waals surface area contributed by atoms with Gasteiger partial charge in [-0.15, -0.1) is 0 Å². The number of rotatable bonds is 8. The lowest BCUT2D eigenvalue weighted by molar-refractivity contribution is -0.140. The van der Waals surface area contributed by atoms with Crippen molar-refractivity contribution in [1.29, 1.82) is 0 Å². The second kappa shape index (κ2) is 9.41. The molecule has 30 heavy (non-hydrogen) atoms. The van der Waals surface area contributed by atoms with Crippen LogP contribution in [0.25, 0.3) is 5.76 Å². The first-order valence-electron chi connectivity index (χ1n) is 9.76. The van der Waals surface area contributed by atoms with Crippen molar-refractivity contribution < 1.29 is 19.4 Å². The highest BCUT2D eigenvalue weighted by molar-refractivity contribution is 6.46. The van der Waals surface area contributed by atoms with Crippen LogP contribution >= 0.6 is 0 Å². The maximum atomic E-state index is 12.9. The Morgan fingerprint density at radius 1 is 1.17 bits per heavy atom. The fraction of sp³-hybridized carbons (Fsp3) is 0.250. The lowest BCUT2D eigenvalue weighted by atomic mass is 9.95. The van der Waals surface area contributed by atoms with Crippen molar-refractivity contribution in [3.05, 3.63) is 84.0 Å². The molecule has 1 amide bonds. The average molecular weight is 406 g/mol. The number of hydrogen-bond donors (Lipinski definition) is 1. The van der Waals surface area contributed by atoms with Gasteiger partial charge in [-0.3, -0.25) is 9.59 Å². The predicted molar refractivity (Wildman–Crippen MR) is 116 cm³/mol. The first kappa shape index (κ1) is 21.3. The van der Waals surface area contributed by atoms with Crippen molar-refractivity contribution in [2.24, 2.45) is 0 Å². The number of ether oxygens (including phenoxy) is 1. The summed E-state index contributed by atoms with van der Waals surface area (Å²) >= 11 is 0. The predicted octanol–water partition coefficient (Wildman–Crippen LogP) is 3.23. The van der Waals surface area contributed by atoms with E-state index < -0.39 is 17.7 Å². The van der Waals surface area contributed by atoms with Crippen molar-refractivity contribution >= 4 is 17.4 Å². The monoisotopic (exact) mass is 406 g/mol. The van der Waals surface area contributed by atoms with Gasteiger partial charge in [0.2, 0.25) is 0 Å². The van der Waals surface area contributed by atoms with Crippen LogP contribution in [-0.2, 0) is 9.59 Å². The Bertz CT molecular complexity index is 966. The molecular weight excluding hydrogens is 380 g/mol. The van der Waals surface area contributed by atoms with Crippen LogP contribution in [0.4, 0.5) is 0 Å². The molecular formula is C24H26N2O4. The molecule has 0 unspecified atom stereocenters. The number of likely N-dealkylation sites (tertiary alicyclic amines) is 1. The highest BCUT2D eigenvalue weighted by Gasteiger charge is 2.45. The molecule has 0 spiro atoms. The average Bonchev–Trinajstić information content (AvgIpc) is 3.01. The van der Waals surface area contributed by atoms with Gasteiger partial charge in [-0.25, -0.2) is 0 Å². The minimum absolute atomic E-state index is 0.0887. The van der Waals surface area contributed by atoms with Crippen molar-refractivity contribution in [2.45, 2.75) is 6.04 Å². The topological polar surface area (TPSA) is 70.1 Å². The number of ketones is 1. The fourth-order valence-corrected chi connectivity index (χ4v) is 3.45. The summed E-state index contributed by atoms with van der Waals surface area (Å²) in [5, 5.41) is 11.0. The van der Waals surface area contributed by atoms with Crippen LogP contribution in [0.2, 0.25) is 0 Å². The normalized spacial score (nSPS) is 18.1. The van der Waals surface area contributed by atoms with E-state index in [0.29, 0.717) is 36.6 Å². The zero-order valence-corrected chi connectivity index (χ0v) is 17.2. The number of Topliss-reactive ketones (excluding diaryl/α,β-unsaturated/α-hetero) is 1. The van der Waals surface area contributed by atoms with Gasteiger partial charge < -0.3 is 19.6 Å². The van der Waals surface area contributed by atoms with E-state index >= 15 is 0 Å². The SMILES string of the molecule is C=CCOc1cccc([C@H]2/C(=C(\O)c3ccccc3)C(=O)C(=O)N2CCN(C)C)c1. The van der Waals surface area contributed by atoms with Gasteiger partial charge in [-0.05, 0) is 31.8 Å². The Hall–Kier alpha value is -3.38. The molecule has 1 aliphatic rings. The molecule has 1 atom stereocenters. The molecule has 1 aliphatic heterocycles. The third-order valence-electron chi connectivity index (χ3n) is 4.92. The highest BCUT2D eigenvalue weighted by Crippen LogP contribution is 2.40. The van der Waals surface area contributed by atoms with Gasteiger partial charge in [0.15, 0.2) is 0 Å². The van der Waals surface area contributed by atoms with Gasteiger partial charge in [0.1, 0.15) is 18.1 Å². The number of nitrogens with zero attached hydrogens (tertiary/aromatic N) is 2. The van der Waals surface area contributed by atoms with E-state index in [4.69, 9.17) is 4.74 Å². The molecule has 2 aromatic carbocycles. The zero-order valence-electron chi connectivity index (χ0n) is 17.2. The van der Waals surface area contributed by atoms with Gasteiger partial charge in [-0.2, -0.15) is 0 Å². The van der Waals surface area contributed by atoms with Crippen LogP contribution in [0.3, 0.4) is 0 Å². The summed E-state index contributed by atoms with van der Waals surface area (Å²) < 4.78 is 5.63. The third-order valence-corrected chi connectivity index (χ3v) is 4.92. The maximum absolute atomic E-state index is 12.9. The minimum atomic E-state index is -0.697. The number of aliphatic hydroxyl groups excluding tert-OH is 1. The molecule has 0 bridgehead atoms. The summed E-state index contributed by atoms with van der Waals surface area (Å²) in [4.78, 5) is 29.3. The molecule has 6 nitrogen and oxygen atoms in total. The molecule has 6 heteroatoms. The number of aliphatic hydroxyl groups is 1. The molecule has 156 valence electrons. The number of carbonyl (C=O) groups is 2. The standard InChI is InChI=1S/C24H26N2O4/c1-4-15-30-19-12-8-11-18(16-19)21-20(22(27)17-9-6-5-7-10-17)23(28)24(29)26(21)14-13-25(2)3/h4-12,16,21,27H,1,13-15H2,2-3H3/b22-20+/t21-/m0/s1. The lowest BCUT2D eigenvalue weighted by Crippen LogP contribution is -2.35. The quantitative estimate of drug-likeness (QED) is 0.315. The van der Waals surface area contributed by atoms with Gasteiger partial charge in [0, 0.05) is 18.7 Å². The van der Waals surface area contributed by atoms with Gasteiger partial charge in [0.25, 0.3) is 11.7 Å². The third kappa shape index (κ3) is 4.44. The molecule has 0 radical (unpaired) electrons. The Labute approximate surface area is 176 Å². The molecule has 0 saturated carbocycles. The van der Waals surface area contributed by atoms with Crippen LogP contribution in [0, 0.1) is 0 Å². The summed E-state index contributed by atoms with van der Waals surface area (Å²) in [7, 11) is 3.80. The number of likely N-dealkylation sites (N-methyl/N-ethyl adjacent to an activating group) is 1. The summed E-state index contributed by atoms with van der Waals surface area (Å²) in [6.07, 6.45) is 1.64. The van der Waals surface area contributed by atoms with Crippen molar-refractivity contribution in [3.63, 3.8) is 0 Å². The van der Waals surface area contributed by atoms with Gasteiger partial charge in [-0.1, -0.05) is 55.1 Å². The van der Waals surface area contributed by atoms with E-state index in [1.807, 2.05) is 37.2 Å². The lowest BCUT2D eigenvalue weighted by Gasteiger charge is -2.26. The van der Waals surface area contributed by atoms with E-state index in [-0.39, 0.29) is 11.3 Å². The van der Waals surface area contributed by atoms with Crippen LogP contribution < -0.4 is 4.74 Å². The van der Waals surface area contributed by atoms with Gasteiger partial charge >= 0.3 is 0 Å². The van der Waals surface area contributed by atoms with Crippen molar-refractivity contribution in [3.8, 4) is 5.75 Å². The van der Waals surface area contributed by atoms with Crippen LogP contribution in [0.5, 0.6) is 5.75 Å². The van der Waals surface area contributed by atoms with Crippen LogP contribution in [0.1, 0.15) is 17.2 Å². The summed E-state index contributed by atoms with van der Waals surface area (Å²) in [6.45, 7) is 4.93. The molecule has 1 fully saturated rings. The molecule has 0 aromatic heterocycles. The first-order chi connectivity index (χ1) is 14.4. The molecule has 3 rings (SSSR count). The van der Waals surface area contributed by atoms with E-state index in [1.54, 1.807) is 42.5 Å². The summed E-state index contributed by atoms with van der Waals surface area (Å²) in [5.41, 5.74) is 1.28. The molecule has 1 saturated heterocycles. The van der Waals surface area contributed by atoms with E-state index in [0.717, 1.165) is 0 Å². The second-order valence-corrected chi connectivity index (χ2v) is 7.33. The Kier molecular flexibility index (Phi) is 6.69. The Balaban J connectivity index is 2.11. The maximum Gasteiger partial charge on any atom is 0.295 e.